The first kappa shape index (κ1) is 19.8. The fraction of sp³-hybridized carbons (Fsp3) is 0.105. The second kappa shape index (κ2) is 7.57. The maximum absolute atomic E-state index is 12.5. The molecule has 0 saturated carbocycles. The largest absolute Gasteiger partial charge is 0.320 e. The van der Waals surface area contributed by atoms with E-state index in [-0.39, 0.29) is 10.6 Å². The van der Waals surface area contributed by atoms with Crippen LogP contribution in [0.15, 0.2) is 64.3 Å². The fourth-order valence-electron chi connectivity index (χ4n) is 2.52. The van der Waals surface area contributed by atoms with E-state index in [2.05, 4.69) is 10.4 Å². The molecule has 9 heteroatoms. The van der Waals surface area contributed by atoms with Gasteiger partial charge in [-0.2, -0.15) is 5.10 Å². The van der Waals surface area contributed by atoms with Gasteiger partial charge in [-0.3, -0.25) is 9.59 Å². The summed E-state index contributed by atoms with van der Waals surface area (Å²) < 4.78 is 24.5. The van der Waals surface area contributed by atoms with E-state index in [1.54, 1.807) is 31.2 Å². The zero-order valence-electron chi connectivity index (χ0n) is 15.0. The Morgan fingerprint density at radius 1 is 1.07 bits per heavy atom. The molecule has 3 rings (SSSR count). The Kier molecular flexibility index (Phi) is 5.35. The lowest BCUT2D eigenvalue weighted by Gasteiger charge is -2.11. The Morgan fingerprint density at radius 2 is 1.68 bits per heavy atom. The minimum Gasteiger partial charge on any atom is -0.320 e. The Hall–Kier alpha value is -2.97. The highest BCUT2D eigenvalue weighted by atomic mass is 35.5. The number of hydrogen-bond donors (Lipinski definition) is 1. The number of rotatable bonds is 4. The third-order valence-corrected chi connectivity index (χ3v) is 5.31. The quantitative estimate of drug-likeness (QED) is 0.703. The average molecular weight is 418 g/mol. The molecular weight excluding hydrogens is 402 g/mol. The second-order valence-electron chi connectivity index (χ2n) is 6.14. The van der Waals surface area contributed by atoms with Crippen molar-refractivity contribution < 1.29 is 13.2 Å². The first-order chi connectivity index (χ1) is 13.1. The second-order valence-corrected chi connectivity index (χ2v) is 8.59. The zero-order chi connectivity index (χ0) is 20.5. The van der Waals surface area contributed by atoms with E-state index in [0.717, 1.165) is 6.26 Å². The van der Waals surface area contributed by atoms with Gasteiger partial charge < -0.3 is 5.32 Å². The van der Waals surface area contributed by atoms with Crippen LogP contribution in [0.2, 0.25) is 5.02 Å². The highest BCUT2D eigenvalue weighted by molar-refractivity contribution is 7.90. The first-order valence-corrected chi connectivity index (χ1v) is 10.4. The summed E-state index contributed by atoms with van der Waals surface area (Å²) in [5, 5.41) is 7.29. The van der Waals surface area contributed by atoms with Crippen LogP contribution in [-0.4, -0.2) is 30.4 Å². The van der Waals surface area contributed by atoms with Gasteiger partial charge in [-0.15, -0.1) is 0 Å². The molecule has 0 radical (unpaired) electrons. The lowest BCUT2D eigenvalue weighted by atomic mass is 10.2. The van der Waals surface area contributed by atoms with Gasteiger partial charge in [-0.1, -0.05) is 11.6 Å². The van der Waals surface area contributed by atoms with Crippen molar-refractivity contribution in [3.8, 4) is 5.69 Å². The van der Waals surface area contributed by atoms with Gasteiger partial charge in [0.15, 0.2) is 15.5 Å². The summed E-state index contributed by atoms with van der Waals surface area (Å²) in [5.41, 5.74) is 0.743. The summed E-state index contributed by atoms with van der Waals surface area (Å²) in [7, 11) is -3.34. The smallest absolute Gasteiger partial charge is 0.280 e. The van der Waals surface area contributed by atoms with Gasteiger partial charge >= 0.3 is 0 Å². The van der Waals surface area contributed by atoms with Gasteiger partial charge in [0.1, 0.15) is 0 Å². The summed E-state index contributed by atoms with van der Waals surface area (Å²) in [6.07, 6.45) is 1.09. The summed E-state index contributed by atoms with van der Waals surface area (Å²) >= 11 is 5.89. The Labute approximate surface area is 166 Å². The van der Waals surface area contributed by atoms with Crippen molar-refractivity contribution in [2.75, 3.05) is 11.6 Å². The van der Waals surface area contributed by atoms with E-state index < -0.39 is 21.2 Å². The van der Waals surface area contributed by atoms with E-state index >= 15 is 0 Å². The van der Waals surface area contributed by atoms with Gasteiger partial charge in [-0.05, 0) is 55.5 Å². The summed E-state index contributed by atoms with van der Waals surface area (Å²) in [6.45, 7) is 1.70. The Balaban J connectivity index is 1.92. The molecule has 0 atom stereocenters. The number of hydrogen-bond acceptors (Lipinski definition) is 5. The van der Waals surface area contributed by atoms with Gasteiger partial charge in [0.2, 0.25) is 5.43 Å². The highest BCUT2D eigenvalue weighted by Gasteiger charge is 2.16. The topological polar surface area (TPSA) is 98.1 Å². The van der Waals surface area contributed by atoms with Gasteiger partial charge in [0, 0.05) is 28.7 Å². The van der Waals surface area contributed by atoms with Crippen LogP contribution in [0.1, 0.15) is 16.2 Å². The Morgan fingerprint density at radius 3 is 2.25 bits per heavy atom. The van der Waals surface area contributed by atoms with Crippen LogP contribution < -0.4 is 10.7 Å². The number of carbonyl (C=O) groups excluding carboxylic acids is 1. The number of nitrogens with zero attached hydrogens (tertiary/aromatic N) is 2. The number of amides is 1. The third-order valence-electron chi connectivity index (χ3n) is 3.93. The molecule has 0 fully saturated rings. The number of carbonyl (C=O) groups is 1. The van der Waals surface area contributed by atoms with Crippen LogP contribution in [0.5, 0.6) is 0 Å². The van der Waals surface area contributed by atoms with E-state index in [1.165, 1.54) is 35.0 Å². The van der Waals surface area contributed by atoms with E-state index in [1.807, 2.05) is 0 Å². The minimum absolute atomic E-state index is 0.129. The van der Waals surface area contributed by atoms with Crippen LogP contribution >= 0.6 is 11.6 Å². The van der Waals surface area contributed by atoms with Crippen molar-refractivity contribution in [3.05, 3.63) is 81.2 Å². The maximum atomic E-state index is 12.5. The average Bonchev–Trinajstić information content (AvgIpc) is 2.62. The van der Waals surface area contributed by atoms with Crippen molar-refractivity contribution in [2.45, 2.75) is 11.8 Å². The number of aromatic nitrogens is 2. The van der Waals surface area contributed by atoms with Crippen molar-refractivity contribution in [3.63, 3.8) is 0 Å². The molecule has 7 nitrogen and oxygen atoms in total. The highest BCUT2D eigenvalue weighted by Crippen LogP contribution is 2.16. The van der Waals surface area contributed by atoms with E-state index in [9.17, 15) is 18.0 Å². The molecule has 1 aromatic heterocycles. The predicted octanol–water partition coefficient (Wildman–Crippen LogP) is 2.85. The van der Waals surface area contributed by atoms with Crippen LogP contribution in [-0.2, 0) is 9.84 Å². The molecule has 28 heavy (non-hydrogen) atoms. The molecular formula is C19H16ClN3O4S. The summed E-state index contributed by atoms with van der Waals surface area (Å²) in [4.78, 5) is 24.9. The molecule has 1 amide bonds. The van der Waals surface area contributed by atoms with E-state index in [4.69, 9.17) is 11.6 Å². The first-order valence-electron chi connectivity index (χ1n) is 8.13. The molecule has 0 aliphatic carbocycles. The maximum Gasteiger partial charge on any atom is 0.280 e. The molecule has 0 aliphatic rings. The SMILES string of the molecule is Cc1cc(=O)c(C(=O)Nc2ccc(S(C)(=O)=O)cc2)nn1-c1ccc(Cl)cc1. The van der Waals surface area contributed by atoms with Crippen molar-refractivity contribution in [2.24, 2.45) is 0 Å². The summed E-state index contributed by atoms with van der Waals surface area (Å²) in [6, 6.07) is 13.8. The lowest BCUT2D eigenvalue weighted by molar-refractivity contribution is 0.101. The van der Waals surface area contributed by atoms with Crippen molar-refractivity contribution in [1.29, 1.82) is 0 Å². The molecule has 3 aromatic rings. The van der Waals surface area contributed by atoms with Crippen LogP contribution in [0.3, 0.4) is 0 Å². The van der Waals surface area contributed by atoms with E-state index in [0.29, 0.717) is 22.1 Å². The minimum atomic E-state index is -3.34. The molecule has 0 spiro atoms. The number of sulfone groups is 1. The molecule has 1 heterocycles. The molecule has 0 unspecified atom stereocenters. The molecule has 0 aliphatic heterocycles. The number of anilines is 1. The number of benzene rings is 2. The fourth-order valence-corrected chi connectivity index (χ4v) is 3.28. The standard InChI is InChI=1S/C19H16ClN3O4S/c1-12-11-17(24)18(22-23(12)15-7-3-13(20)4-8-15)19(25)21-14-5-9-16(10-6-14)28(2,26)27/h3-11H,1-2H3,(H,21,25). The molecule has 2 aromatic carbocycles. The van der Waals surface area contributed by atoms with Crippen LogP contribution in [0.4, 0.5) is 5.69 Å². The summed E-state index contributed by atoms with van der Waals surface area (Å²) in [5.74, 6) is -0.695. The van der Waals surface area contributed by atoms with Gasteiger partial charge in [0.05, 0.1) is 10.6 Å². The Bertz CT molecular complexity index is 1200. The normalized spacial score (nSPS) is 11.2. The molecule has 144 valence electrons. The molecule has 1 N–H and O–H groups in total. The van der Waals surface area contributed by atoms with Crippen molar-refractivity contribution >= 4 is 33.0 Å². The van der Waals surface area contributed by atoms with Gasteiger partial charge in [0.25, 0.3) is 5.91 Å². The molecule has 0 bridgehead atoms. The number of nitrogens with one attached hydrogen (secondary N) is 1. The number of halogens is 1. The monoisotopic (exact) mass is 417 g/mol. The molecule has 0 saturated heterocycles. The van der Waals surface area contributed by atoms with Crippen molar-refractivity contribution in [1.82, 2.24) is 9.78 Å². The van der Waals surface area contributed by atoms with Gasteiger partial charge in [-0.25, -0.2) is 13.1 Å². The van der Waals surface area contributed by atoms with Crippen LogP contribution in [0.25, 0.3) is 5.69 Å². The van der Waals surface area contributed by atoms with Crippen LogP contribution in [0, 0.1) is 6.92 Å². The number of aryl methyl sites for hydroxylation is 1. The predicted molar refractivity (Wildman–Crippen MR) is 107 cm³/mol. The lowest BCUT2D eigenvalue weighted by Crippen LogP contribution is -2.26. The third kappa shape index (κ3) is 4.29. The zero-order valence-corrected chi connectivity index (χ0v) is 16.6.